The molecule has 0 bridgehead atoms. The highest BCUT2D eigenvalue weighted by molar-refractivity contribution is 9.10. The summed E-state index contributed by atoms with van der Waals surface area (Å²) in [7, 11) is 0. The van der Waals surface area contributed by atoms with E-state index in [1.807, 2.05) is 12.1 Å². The van der Waals surface area contributed by atoms with Gasteiger partial charge in [-0.3, -0.25) is 0 Å². The lowest BCUT2D eigenvalue weighted by Crippen LogP contribution is -2.19. The Morgan fingerprint density at radius 3 is 2.65 bits per heavy atom. The third kappa shape index (κ3) is 3.85. The summed E-state index contributed by atoms with van der Waals surface area (Å²) in [6.45, 7) is 7.22. The molecule has 0 aliphatic rings. The minimum Gasteiger partial charge on any atom is -0.306 e. The van der Waals surface area contributed by atoms with Gasteiger partial charge in [0.15, 0.2) is 0 Å². The summed E-state index contributed by atoms with van der Waals surface area (Å²) < 4.78 is 1.05. The van der Waals surface area contributed by atoms with Gasteiger partial charge in [0.25, 0.3) is 0 Å². The van der Waals surface area contributed by atoms with Crippen LogP contribution in [-0.2, 0) is 6.54 Å². The highest BCUT2D eigenvalue weighted by atomic mass is 79.9. The molecule has 0 saturated carbocycles. The first-order valence-corrected chi connectivity index (χ1v) is 7.89. The van der Waals surface area contributed by atoms with Gasteiger partial charge < -0.3 is 5.32 Å². The standard InChI is InChI=1S/C17H19BrClN/c1-11-4-5-12(2)16(8-11)13(3)20-10-14-9-15(18)6-7-17(14)19/h4-9,13,20H,10H2,1-3H3. The summed E-state index contributed by atoms with van der Waals surface area (Å²) in [6, 6.07) is 12.8. The summed E-state index contributed by atoms with van der Waals surface area (Å²) in [5.74, 6) is 0. The Kier molecular flexibility index (Phi) is 5.25. The molecule has 0 aliphatic carbocycles. The number of aryl methyl sites for hydroxylation is 2. The highest BCUT2D eigenvalue weighted by Crippen LogP contribution is 2.23. The van der Waals surface area contributed by atoms with Crippen LogP contribution in [-0.4, -0.2) is 0 Å². The van der Waals surface area contributed by atoms with Crippen LogP contribution in [0.4, 0.5) is 0 Å². The molecular formula is C17H19BrClN. The van der Waals surface area contributed by atoms with Gasteiger partial charge in [0.1, 0.15) is 0 Å². The highest BCUT2D eigenvalue weighted by Gasteiger charge is 2.09. The van der Waals surface area contributed by atoms with Crippen molar-refractivity contribution in [3.63, 3.8) is 0 Å². The SMILES string of the molecule is Cc1ccc(C)c(C(C)NCc2cc(Br)ccc2Cl)c1. The number of benzene rings is 2. The fraction of sp³-hybridized carbons (Fsp3) is 0.294. The third-order valence-corrected chi connectivity index (χ3v) is 4.37. The molecule has 0 radical (unpaired) electrons. The number of hydrogen-bond donors (Lipinski definition) is 1. The van der Waals surface area contributed by atoms with E-state index in [0.717, 1.165) is 21.6 Å². The van der Waals surface area contributed by atoms with Gasteiger partial charge in [-0.15, -0.1) is 0 Å². The minimum atomic E-state index is 0.296. The topological polar surface area (TPSA) is 12.0 Å². The molecular weight excluding hydrogens is 334 g/mol. The molecule has 0 spiro atoms. The Hall–Kier alpha value is -0.830. The van der Waals surface area contributed by atoms with E-state index >= 15 is 0 Å². The Morgan fingerprint density at radius 2 is 1.90 bits per heavy atom. The van der Waals surface area contributed by atoms with E-state index in [-0.39, 0.29) is 0 Å². The summed E-state index contributed by atoms with van der Waals surface area (Å²) >= 11 is 9.70. The van der Waals surface area contributed by atoms with E-state index in [1.165, 1.54) is 16.7 Å². The van der Waals surface area contributed by atoms with Gasteiger partial charge in [0.05, 0.1) is 0 Å². The van der Waals surface area contributed by atoms with Crippen molar-refractivity contribution >= 4 is 27.5 Å². The van der Waals surface area contributed by atoms with Crippen LogP contribution in [0.15, 0.2) is 40.9 Å². The smallest absolute Gasteiger partial charge is 0.0451 e. The normalized spacial score (nSPS) is 12.4. The van der Waals surface area contributed by atoms with E-state index in [9.17, 15) is 0 Å². The van der Waals surface area contributed by atoms with Gasteiger partial charge >= 0.3 is 0 Å². The monoisotopic (exact) mass is 351 g/mol. The largest absolute Gasteiger partial charge is 0.306 e. The summed E-state index contributed by atoms with van der Waals surface area (Å²) in [4.78, 5) is 0. The Balaban J connectivity index is 2.10. The van der Waals surface area contributed by atoms with Crippen LogP contribution in [0.5, 0.6) is 0 Å². The lowest BCUT2D eigenvalue weighted by atomic mass is 10.00. The molecule has 0 aliphatic heterocycles. The third-order valence-electron chi connectivity index (χ3n) is 3.51. The van der Waals surface area contributed by atoms with Gasteiger partial charge in [0.2, 0.25) is 0 Å². The second kappa shape index (κ2) is 6.75. The van der Waals surface area contributed by atoms with Crippen LogP contribution in [0.2, 0.25) is 5.02 Å². The van der Waals surface area contributed by atoms with Gasteiger partial charge in [-0.2, -0.15) is 0 Å². The molecule has 106 valence electrons. The molecule has 1 nitrogen and oxygen atoms in total. The molecule has 3 heteroatoms. The van der Waals surface area contributed by atoms with Crippen LogP contribution >= 0.6 is 27.5 Å². The molecule has 0 aromatic heterocycles. The Morgan fingerprint density at radius 1 is 1.15 bits per heavy atom. The fourth-order valence-corrected chi connectivity index (χ4v) is 2.87. The molecule has 1 N–H and O–H groups in total. The first kappa shape index (κ1) is 15.6. The summed E-state index contributed by atoms with van der Waals surface area (Å²) in [5.41, 5.74) is 5.06. The molecule has 0 heterocycles. The van der Waals surface area contributed by atoms with Crippen molar-refractivity contribution in [3.8, 4) is 0 Å². The second-order valence-corrected chi connectivity index (χ2v) is 6.52. The van der Waals surface area contributed by atoms with Gasteiger partial charge in [0, 0.05) is 22.1 Å². The van der Waals surface area contributed by atoms with Crippen molar-refractivity contribution in [2.24, 2.45) is 0 Å². The van der Waals surface area contributed by atoms with E-state index < -0.39 is 0 Å². The Labute approximate surface area is 134 Å². The number of rotatable bonds is 4. The molecule has 20 heavy (non-hydrogen) atoms. The van der Waals surface area contributed by atoms with Crippen molar-refractivity contribution in [2.45, 2.75) is 33.4 Å². The van der Waals surface area contributed by atoms with Gasteiger partial charge in [-0.25, -0.2) is 0 Å². The van der Waals surface area contributed by atoms with Gasteiger partial charge in [-0.1, -0.05) is 51.3 Å². The van der Waals surface area contributed by atoms with E-state index in [4.69, 9.17) is 11.6 Å². The number of nitrogens with one attached hydrogen (secondary N) is 1. The van der Waals surface area contributed by atoms with Crippen molar-refractivity contribution < 1.29 is 0 Å². The maximum atomic E-state index is 6.22. The summed E-state index contributed by atoms with van der Waals surface area (Å²) in [6.07, 6.45) is 0. The predicted molar refractivity (Wildman–Crippen MR) is 90.3 cm³/mol. The maximum absolute atomic E-state index is 6.22. The van der Waals surface area contributed by atoms with Crippen LogP contribution in [0.3, 0.4) is 0 Å². The maximum Gasteiger partial charge on any atom is 0.0451 e. The molecule has 0 fully saturated rings. The molecule has 0 saturated heterocycles. The molecule has 2 aromatic carbocycles. The molecule has 0 amide bonds. The average molecular weight is 353 g/mol. The Bertz CT molecular complexity index is 610. The first-order valence-electron chi connectivity index (χ1n) is 6.72. The minimum absolute atomic E-state index is 0.296. The van der Waals surface area contributed by atoms with Crippen molar-refractivity contribution in [3.05, 3.63) is 68.1 Å². The van der Waals surface area contributed by atoms with Crippen molar-refractivity contribution in [1.29, 1.82) is 0 Å². The quantitative estimate of drug-likeness (QED) is 0.758. The zero-order valence-electron chi connectivity index (χ0n) is 12.0. The first-order chi connectivity index (χ1) is 9.47. The molecule has 1 unspecified atom stereocenters. The van der Waals surface area contributed by atoms with Crippen LogP contribution < -0.4 is 5.32 Å². The molecule has 1 atom stereocenters. The van der Waals surface area contributed by atoms with E-state index in [0.29, 0.717) is 6.04 Å². The zero-order chi connectivity index (χ0) is 14.7. The zero-order valence-corrected chi connectivity index (χ0v) is 14.3. The van der Waals surface area contributed by atoms with Crippen LogP contribution in [0, 0.1) is 13.8 Å². The average Bonchev–Trinajstić information content (AvgIpc) is 2.42. The fourth-order valence-electron chi connectivity index (χ4n) is 2.28. The number of halogens is 2. The molecule has 2 aromatic rings. The van der Waals surface area contributed by atoms with Crippen LogP contribution in [0.1, 0.15) is 35.2 Å². The number of hydrogen-bond acceptors (Lipinski definition) is 1. The second-order valence-electron chi connectivity index (χ2n) is 5.20. The van der Waals surface area contributed by atoms with E-state index in [1.54, 1.807) is 0 Å². The predicted octanol–water partition coefficient (Wildman–Crippen LogP) is 5.57. The van der Waals surface area contributed by atoms with Crippen LogP contribution in [0.25, 0.3) is 0 Å². The summed E-state index contributed by atoms with van der Waals surface area (Å²) in [5, 5.41) is 4.35. The lowest BCUT2D eigenvalue weighted by Gasteiger charge is -2.18. The van der Waals surface area contributed by atoms with Crippen molar-refractivity contribution in [1.82, 2.24) is 5.32 Å². The lowest BCUT2D eigenvalue weighted by molar-refractivity contribution is 0.572. The molecule has 2 rings (SSSR count). The van der Waals surface area contributed by atoms with Crippen molar-refractivity contribution in [2.75, 3.05) is 0 Å². The van der Waals surface area contributed by atoms with E-state index in [2.05, 4.69) is 66.3 Å². The van der Waals surface area contributed by atoms with Gasteiger partial charge in [-0.05, 0) is 55.7 Å².